The number of esters is 1. The number of nitrogens with one attached hydrogen (secondary N) is 1. The van der Waals surface area contributed by atoms with E-state index in [0.717, 1.165) is 51.4 Å². The Morgan fingerprint density at radius 1 is 0.452 bits per heavy atom. The van der Waals surface area contributed by atoms with Gasteiger partial charge in [0.2, 0.25) is 5.91 Å². The Hall–Kier alpha value is -1.66. The van der Waals surface area contributed by atoms with E-state index in [0.29, 0.717) is 25.9 Å². The molecule has 0 aliphatic heterocycles. The predicted molar refractivity (Wildman–Crippen MR) is 269 cm³/mol. The summed E-state index contributed by atoms with van der Waals surface area (Å²) in [6.07, 6.45) is 61.7. The second kappa shape index (κ2) is 52.0. The molecule has 0 aromatic rings. The fourth-order valence-corrected chi connectivity index (χ4v) is 8.50. The third kappa shape index (κ3) is 47.8. The first-order chi connectivity index (χ1) is 30.5. The molecule has 2 atom stereocenters. The van der Waals surface area contributed by atoms with E-state index in [2.05, 4.69) is 43.5 Å². The molecule has 6 heteroatoms. The number of ether oxygens (including phenoxy) is 1. The number of carbonyl (C=O) groups excluding carboxylic acids is 2. The van der Waals surface area contributed by atoms with E-state index in [1.54, 1.807) is 0 Å². The summed E-state index contributed by atoms with van der Waals surface area (Å²) in [5.41, 5.74) is 0. The molecule has 0 radical (unpaired) electrons. The van der Waals surface area contributed by atoms with Gasteiger partial charge in [-0.2, -0.15) is 0 Å². The van der Waals surface area contributed by atoms with Crippen molar-refractivity contribution in [1.82, 2.24) is 5.32 Å². The molecule has 0 aromatic heterocycles. The van der Waals surface area contributed by atoms with Crippen LogP contribution in [0.1, 0.15) is 296 Å². The monoisotopic (exact) mass is 874 g/mol. The van der Waals surface area contributed by atoms with Gasteiger partial charge in [-0.15, -0.1) is 0 Å². The Labute approximate surface area is 386 Å². The first-order valence-electron chi connectivity index (χ1n) is 27.6. The predicted octanol–water partition coefficient (Wildman–Crippen LogP) is 16.7. The Balaban J connectivity index is 3.36. The van der Waals surface area contributed by atoms with Crippen molar-refractivity contribution in [2.45, 2.75) is 309 Å². The van der Waals surface area contributed by atoms with Crippen molar-refractivity contribution >= 4 is 11.9 Å². The van der Waals surface area contributed by atoms with Crippen LogP contribution in [0, 0.1) is 0 Å². The second-order valence-corrected chi connectivity index (χ2v) is 18.9. The molecule has 0 spiro atoms. The van der Waals surface area contributed by atoms with Crippen molar-refractivity contribution < 1.29 is 24.5 Å². The molecule has 0 bridgehead atoms. The summed E-state index contributed by atoms with van der Waals surface area (Å²) in [4.78, 5) is 24.4. The summed E-state index contributed by atoms with van der Waals surface area (Å²) in [6, 6.07) is -0.539. The molecule has 366 valence electrons. The number of carbonyl (C=O) groups is 2. The smallest absolute Gasteiger partial charge is 0.305 e. The topological polar surface area (TPSA) is 95.9 Å². The molecule has 0 saturated carbocycles. The van der Waals surface area contributed by atoms with Crippen LogP contribution in [-0.2, 0) is 14.3 Å². The zero-order valence-electron chi connectivity index (χ0n) is 41.6. The molecule has 6 nitrogen and oxygen atoms in total. The van der Waals surface area contributed by atoms with Gasteiger partial charge in [-0.25, -0.2) is 0 Å². The van der Waals surface area contributed by atoms with Gasteiger partial charge in [0.25, 0.3) is 0 Å². The summed E-state index contributed by atoms with van der Waals surface area (Å²) in [7, 11) is 0. The lowest BCUT2D eigenvalue weighted by Crippen LogP contribution is -2.45. The van der Waals surface area contributed by atoms with E-state index in [9.17, 15) is 19.8 Å². The van der Waals surface area contributed by atoms with Gasteiger partial charge >= 0.3 is 5.97 Å². The number of allylic oxidation sites excluding steroid dienone is 4. The average molecular weight is 874 g/mol. The summed E-state index contributed by atoms with van der Waals surface area (Å²) in [6.45, 7) is 4.87. The van der Waals surface area contributed by atoms with Crippen molar-refractivity contribution in [3.63, 3.8) is 0 Å². The molecule has 2 unspecified atom stereocenters. The van der Waals surface area contributed by atoms with Crippen molar-refractivity contribution in [3.05, 3.63) is 24.3 Å². The number of amides is 1. The summed E-state index contributed by atoms with van der Waals surface area (Å²) < 4.78 is 5.46. The molecular weight excluding hydrogens is 767 g/mol. The van der Waals surface area contributed by atoms with Crippen molar-refractivity contribution in [2.75, 3.05) is 13.2 Å². The van der Waals surface area contributed by atoms with Gasteiger partial charge in [-0.1, -0.05) is 256 Å². The molecule has 3 N–H and O–H groups in total. The Morgan fingerprint density at radius 3 is 1.29 bits per heavy atom. The van der Waals surface area contributed by atoms with Crippen LogP contribution in [0.5, 0.6) is 0 Å². The maximum atomic E-state index is 12.4. The number of unbranched alkanes of at least 4 members (excludes halogenated alkanes) is 36. The fourth-order valence-electron chi connectivity index (χ4n) is 8.50. The lowest BCUT2D eigenvalue weighted by atomic mass is 10.0. The normalized spacial score (nSPS) is 12.8. The lowest BCUT2D eigenvalue weighted by molar-refractivity contribution is -0.143. The van der Waals surface area contributed by atoms with Gasteiger partial charge in [-0.05, 0) is 51.4 Å². The summed E-state index contributed by atoms with van der Waals surface area (Å²) in [5.74, 6) is -0.0390. The fraction of sp³-hybridized carbons (Fsp3) is 0.893. The molecule has 0 fully saturated rings. The molecule has 62 heavy (non-hydrogen) atoms. The highest BCUT2D eigenvalue weighted by atomic mass is 16.5. The SMILES string of the molecule is CCC/C=C\C/C=C\CCCCCCCC(=O)OCCCCCCCCCCCCCCCCCCCCCCCCC(=O)NC(CO)C(O)CCCCCCCCCCCC. The van der Waals surface area contributed by atoms with Crippen LogP contribution >= 0.6 is 0 Å². The number of rotatable bonds is 51. The van der Waals surface area contributed by atoms with E-state index < -0.39 is 12.1 Å². The molecule has 0 aliphatic carbocycles. The summed E-state index contributed by atoms with van der Waals surface area (Å²) in [5, 5.41) is 23.1. The molecule has 0 rings (SSSR count). The van der Waals surface area contributed by atoms with Crippen LogP contribution < -0.4 is 5.32 Å². The average Bonchev–Trinajstić information content (AvgIpc) is 3.27. The molecule has 0 saturated heterocycles. The molecule has 0 heterocycles. The second-order valence-electron chi connectivity index (χ2n) is 18.9. The van der Waals surface area contributed by atoms with Crippen molar-refractivity contribution in [1.29, 1.82) is 0 Å². The quantitative estimate of drug-likeness (QED) is 0.0321. The zero-order valence-corrected chi connectivity index (χ0v) is 41.6. The largest absolute Gasteiger partial charge is 0.466 e. The maximum Gasteiger partial charge on any atom is 0.305 e. The van der Waals surface area contributed by atoms with Crippen LogP contribution in [0.25, 0.3) is 0 Å². The highest BCUT2D eigenvalue weighted by Crippen LogP contribution is 2.17. The molecular formula is C56H107NO5. The highest BCUT2D eigenvalue weighted by molar-refractivity contribution is 5.76. The third-order valence-corrected chi connectivity index (χ3v) is 12.7. The van der Waals surface area contributed by atoms with E-state index >= 15 is 0 Å². The van der Waals surface area contributed by atoms with E-state index in [1.165, 1.54) is 212 Å². The van der Waals surface area contributed by atoms with E-state index in [1.807, 2.05) is 0 Å². The van der Waals surface area contributed by atoms with Gasteiger partial charge in [0, 0.05) is 12.8 Å². The Kier molecular flexibility index (Phi) is 50.6. The van der Waals surface area contributed by atoms with Crippen LogP contribution in [0.4, 0.5) is 0 Å². The Bertz CT molecular complexity index is 966. The van der Waals surface area contributed by atoms with E-state index in [4.69, 9.17) is 4.74 Å². The van der Waals surface area contributed by atoms with E-state index in [-0.39, 0.29) is 18.5 Å². The van der Waals surface area contributed by atoms with Crippen molar-refractivity contribution in [2.24, 2.45) is 0 Å². The first-order valence-corrected chi connectivity index (χ1v) is 27.6. The number of aliphatic hydroxyl groups is 2. The zero-order chi connectivity index (χ0) is 45.1. The molecule has 0 aliphatic rings. The molecule has 0 aromatic carbocycles. The minimum atomic E-state index is -0.662. The van der Waals surface area contributed by atoms with Crippen LogP contribution in [0.2, 0.25) is 0 Å². The Morgan fingerprint density at radius 2 is 0.839 bits per heavy atom. The number of hydrogen-bond donors (Lipinski definition) is 3. The minimum absolute atomic E-state index is 0.00230. The van der Waals surface area contributed by atoms with Gasteiger partial charge in [0.1, 0.15) is 0 Å². The van der Waals surface area contributed by atoms with Gasteiger partial charge in [0.15, 0.2) is 0 Å². The summed E-state index contributed by atoms with van der Waals surface area (Å²) >= 11 is 0. The molecule has 1 amide bonds. The maximum absolute atomic E-state index is 12.4. The third-order valence-electron chi connectivity index (χ3n) is 12.7. The number of aliphatic hydroxyl groups excluding tert-OH is 2. The number of hydrogen-bond acceptors (Lipinski definition) is 5. The minimum Gasteiger partial charge on any atom is -0.466 e. The van der Waals surface area contributed by atoms with Crippen LogP contribution in [-0.4, -0.2) is 47.4 Å². The van der Waals surface area contributed by atoms with Gasteiger partial charge in [-0.3, -0.25) is 9.59 Å². The van der Waals surface area contributed by atoms with Gasteiger partial charge < -0.3 is 20.3 Å². The first kappa shape index (κ1) is 60.3. The van der Waals surface area contributed by atoms with Crippen molar-refractivity contribution in [3.8, 4) is 0 Å². The lowest BCUT2D eigenvalue weighted by Gasteiger charge is -2.22. The highest BCUT2D eigenvalue weighted by Gasteiger charge is 2.20. The van der Waals surface area contributed by atoms with Crippen LogP contribution in [0.3, 0.4) is 0 Å². The van der Waals surface area contributed by atoms with Crippen LogP contribution in [0.15, 0.2) is 24.3 Å². The van der Waals surface area contributed by atoms with Gasteiger partial charge in [0.05, 0.1) is 25.4 Å². The standard InChI is InChI=1S/C56H107NO5/c1-3-5-7-9-11-13-15-26-30-34-38-42-46-50-56(61)62-51-47-43-39-35-31-28-25-23-21-19-17-16-18-20-22-24-27-29-33-37-41-45-49-55(60)57-53(52-58)54(59)48-44-40-36-32-14-12-10-8-6-4-2/h7,9,13,15,53-54,58-59H,3-6,8,10-12,14,16-52H2,1-2H3,(H,57,60)/b9-7-,15-13-.